The number of anilines is 4. The third-order valence-corrected chi connectivity index (χ3v) is 8.07. The van der Waals surface area contributed by atoms with Gasteiger partial charge in [0, 0.05) is 17.8 Å². The number of fused-ring (bicyclic) bond motifs is 1. The summed E-state index contributed by atoms with van der Waals surface area (Å²) >= 11 is 0. The molecule has 0 bridgehead atoms. The van der Waals surface area contributed by atoms with Crippen LogP contribution in [0.25, 0.3) is 12.2 Å². The molecule has 0 spiro atoms. The number of benzene rings is 4. The minimum absolute atomic E-state index is 0.304. The van der Waals surface area contributed by atoms with Crippen LogP contribution in [0.2, 0.25) is 0 Å². The van der Waals surface area contributed by atoms with Crippen LogP contribution in [-0.4, -0.2) is 41.4 Å². The Balaban J connectivity index is 1.22. The fourth-order valence-electron chi connectivity index (χ4n) is 5.71. The molecule has 4 aromatic carbocycles. The van der Waals surface area contributed by atoms with E-state index in [0.29, 0.717) is 35.6 Å². The van der Waals surface area contributed by atoms with Crippen LogP contribution >= 0.6 is 0 Å². The minimum Gasteiger partial charge on any atom is -0.443 e. The Bertz CT molecular complexity index is 1960. The monoisotopic (exact) mass is 702 g/mol. The fraction of sp³-hybridized carbons (Fsp3) is 0.286. The van der Waals surface area contributed by atoms with Crippen molar-refractivity contribution < 1.29 is 28.7 Å². The van der Waals surface area contributed by atoms with Gasteiger partial charge in [-0.25, -0.2) is 14.4 Å². The molecule has 5 amide bonds. The molecule has 0 aromatic heterocycles. The Labute approximate surface area is 305 Å². The summed E-state index contributed by atoms with van der Waals surface area (Å²) in [4.78, 5) is 55.7. The van der Waals surface area contributed by atoms with Crippen molar-refractivity contribution in [2.45, 2.75) is 78.6 Å². The van der Waals surface area contributed by atoms with Gasteiger partial charge < -0.3 is 20.1 Å². The molecule has 0 saturated carbocycles. The quantitative estimate of drug-likeness (QED) is 0.185. The van der Waals surface area contributed by atoms with Crippen LogP contribution in [0.3, 0.4) is 0 Å². The van der Waals surface area contributed by atoms with Gasteiger partial charge in [0.05, 0.1) is 11.4 Å². The van der Waals surface area contributed by atoms with Gasteiger partial charge in [-0.15, -0.1) is 0 Å². The zero-order valence-corrected chi connectivity index (χ0v) is 30.7. The van der Waals surface area contributed by atoms with Crippen molar-refractivity contribution in [2.24, 2.45) is 0 Å². The molecule has 270 valence electrons. The molecule has 2 N–H and O–H groups in total. The summed E-state index contributed by atoms with van der Waals surface area (Å²) < 4.78 is 11.2. The topological polar surface area (TPSA) is 117 Å². The van der Waals surface area contributed by atoms with Gasteiger partial charge in [-0.1, -0.05) is 79.7 Å². The second kappa shape index (κ2) is 15.6. The van der Waals surface area contributed by atoms with Crippen LogP contribution in [0.1, 0.15) is 70.7 Å². The summed E-state index contributed by atoms with van der Waals surface area (Å²) in [6.07, 6.45) is 3.56. The molecule has 1 aliphatic heterocycles. The first-order valence-electron chi connectivity index (χ1n) is 17.3. The van der Waals surface area contributed by atoms with E-state index in [0.717, 1.165) is 27.2 Å². The first-order chi connectivity index (χ1) is 24.6. The van der Waals surface area contributed by atoms with Gasteiger partial charge in [-0.05, 0) is 107 Å². The summed E-state index contributed by atoms with van der Waals surface area (Å²) in [6.45, 7) is 12.6. The molecule has 0 fully saturated rings. The van der Waals surface area contributed by atoms with Gasteiger partial charge in [-0.3, -0.25) is 9.69 Å². The number of aryl methyl sites for hydroxylation is 1. The molecule has 0 unspecified atom stereocenters. The lowest BCUT2D eigenvalue weighted by Crippen LogP contribution is -2.47. The number of rotatable bonds is 7. The van der Waals surface area contributed by atoms with Gasteiger partial charge in [0.15, 0.2) is 0 Å². The molecular formula is C42H46N4O6. The second-order valence-corrected chi connectivity index (χ2v) is 14.5. The van der Waals surface area contributed by atoms with Crippen LogP contribution in [0, 0.1) is 0 Å². The van der Waals surface area contributed by atoms with E-state index in [1.54, 1.807) is 65.8 Å². The molecule has 0 radical (unpaired) electrons. The van der Waals surface area contributed by atoms with E-state index in [4.69, 9.17) is 9.47 Å². The number of carbonyl (C=O) groups is 4. The lowest BCUT2D eigenvalue weighted by atomic mass is 10.1. The summed E-state index contributed by atoms with van der Waals surface area (Å²) in [5.41, 5.74) is 4.30. The predicted octanol–water partition coefficient (Wildman–Crippen LogP) is 9.70. The predicted molar refractivity (Wildman–Crippen MR) is 207 cm³/mol. The third-order valence-electron chi connectivity index (χ3n) is 8.07. The zero-order valence-electron chi connectivity index (χ0n) is 30.7. The van der Waals surface area contributed by atoms with Crippen molar-refractivity contribution in [1.29, 1.82) is 0 Å². The van der Waals surface area contributed by atoms with E-state index in [9.17, 15) is 19.2 Å². The first kappa shape index (κ1) is 37.4. The van der Waals surface area contributed by atoms with Crippen LogP contribution in [-0.2, 0) is 27.1 Å². The number of hydrogen-bond donors (Lipinski definition) is 2. The molecule has 10 nitrogen and oxygen atoms in total. The Morgan fingerprint density at radius 1 is 0.731 bits per heavy atom. The van der Waals surface area contributed by atoms with Gasteiger partial charge in [0.1, 0.15) is 17.2 Å². The van der Waals surface area contributed by atoms with Crippen molar-refractivity contribution in [2.75, 3.05) is 20.4 Å². The smallest absolute Gasteiger partial charge is 0.423 e. The lowest BCUT2D eigenvalue weighted by Gasteiger charge is -2.28. The molecule has 5 rings (SSSR count). The minimum atomic E-state index is -0.785. The molecule has 1 aliphatic rings. The molecule has 52 heavy (non-hydrogen) atoms. The largest absolute Gasteiger partial charge is 0.443 e. The Kier molecular flexibility index (Phi) is 11.2. The summed E-state index contributed by atoms with van der Waals surface area (Å²) in [6, 6.07) is 28.0. The first-order valence-corrected chi connectivity index (χ1v) is 17.3. The lowest BCUT2D eigenvalue weighted by molar-refractivity contribution is -0.117. The molecule has 0 aliphatic carbocycles. The molecule has 10 heteroatoms. The van der Waals surface area contributed by atoms with Gasteiger partial charge in [0.2, 0.25) is 5.91 Å². The van der Waals surface area contributed by atoms with Crippen LogP contribution in [0.5, 0.6) is 0 Å². The average molecular weight is 703 g/mol. The molecule has 0 saturated heterocycles. The SMILES string of the molecule is CCc1ccccc1N(C(=O)Nc1ccc(/C=C/c2ccc(NC(=O)[C@@H]3Cc4ccccc4N3C(=O)OC(C)(C)C)cc2)cc1)C(=O)OC(C)(C)C. The Hall–Kier alpha value is -5.90. The standard InChI is InChI=1S/C42H46N4O6/c1-8-30-13-9-11-15-34(30)46(40(50)52-42(5,6)7)38(48)44-33-25-21-29(22-26-33)18-17-28-19-23-32(24-20-28)43-37(47)36-27-31-14-10-12-16-35(31)45(36)39(49)51-41(2,3)4/h9-26,36H,8,27H2,1-7H3,(H,43,47)(H,44,48)/b18-17+/t36-/m0/s1. The fourth-order valence-corrected chi connectivity index (χ4v) is 5.71. The number of amides is 5. The molecule has 1 heterocycles. The molecule has 4 aromatic rings. The number of hydrogen-bond acceptors (Lipinski definition) is 6. The number of carbonyl (C=O) groups excluding carboxylic acids is 4. The number of nitrogens with one attached hydrogen (secondary N) is 2. The second-order valence-electron chi connectivity index (χ2n) is 14.5. The zero-order chi connectivity index (χ0) is 37.6. The highest BCUT2D eigenvalue weighted by Gasteiger charge is 2.40. The highest BCUT2D eigenvalue weighted by Crippen LogP contribution is 2.34. The van der Waals surface area contributed by atoms with Gasteiger partial charge in [0.25, 0.3) is 0 Å². The van der Waals surface area contributed by atoms with Crippen molar-refractivity contribution in [3.05, 3.63) is 119 Å². The number of urea groups is 1. The maximum Gasteiger partial charge on any atom is 0.423 e. The van der Waals surface area contributed by atoms with E-state index >= 15 is 0 Å². The summed E-state index contributed by atoms with van der Waals surface area (Å²) in [7, 11) is 0. The average Bonchev–Trinajstić information content (AvgIpc) is 3.48. The molecular weight excluding hydrogens is 656 g/mol. The molecule has 1 atom stereocenters. The number of nitrogens with zero attached hydrogens (tertiary/aromatic N) is 2. The van der Waals surface area contributed by atoms with E-state index in [-0.39, 0.29) is 5.91 Å². The summed E-state index contributed by atoms with van der Waals surface area (Å²) in [5.74, 6) is -0.304. The normalized spacial score (nSPS) is 14.1. The van der Waals surface area contributed by atoms with E-state index in [2.05, 4.69) is 10.6 Å². The van der Waals surface area contributed by atoms with Crippen molar-refractivity contribution in [3.8, 4) is 0 Å². The highest BCUT2D eigenvalue weighted by molar-refractivity contribution is 6.17. The van der Waals surface area contributed by atoms with Crippen molar-refractivity contribution in [1.82, 2.24) is 0 Å². The summed E-state index contributed by atoms with van der Waals surface area (Å²) in [5, 5.41) is 5.78. The highest BCUT2D eigenvalue weighted by atomic mass is 16.6. The maximum atomic E-state index is 13.5. The van der Waals surface area contributed by atoms with Gasteiger partial charge >= 0.3 is 18.2 Å². The van der Waals surface area contributed by atoms with Crippen molar-refractivity contribution >= 4 is 59.0 Å². The number of para-hydroxylation sites is 2. The Morgan fingerprint density at radius 2 is 1.27 bits per heavy atom. The number of imide groups is 1. The van der Waals surface area contributed by atoms with Gasteiger partial charge in [-0.2, -0.15) is 4.90 Å². The van der Waals surface area contributed by atoms with Crippen LogP contribution in [0.15, 0.2) is 97.1 Å². The van der Waals surface area contributed by atoms with Crippen molar-refractivity contribution in [3.63, 3.8) is 0 Å². The van der Waals surface area contributed by atoms with Crippen LogP contribution in [0.4, 0.5) is 37.1 Å². The third kappa shape index (κ3) is 9.45. The van der Waals surface area contributed by atoms with E-state index < -0.39 is 35.5 Å². The maximum absolute atomic E-state index is 13.5. The number of ether oxygens (including phenoxy) is 2. The van der Waals surface area contributed by atoms with Crippen LogP contribution < -0.4 is 20.4 Å². The van der Waals surface area contributed by atoms with E-state index in [1.165, 1.54) is 4.90 Å². The van der Waals surface area contributed by atoms with E-state index in [1.807, 2.05) is 91.9 Å². The Morgan fingerprint density at radius 3 is 1.85 bits per heavy atom.